The standard InChI is InChI=1S/C5H2F10O/c6-1(2(7,8)4(11,12)13)3(9,10)5(14,15)16/h1,16H. The summed E-state index contributed by atoms with van der Waals surface area (Å²) in [5.74, 6) is -13.3. The fraction of sp³-hybridized carbons (Fsp3) is 1.00. The first-order chi connectivity index (χ1) is 6.65. The van der Waals surface area contributed by atoms with Crippen molar-refractivity contribution < 1.29 is 49.0 Å². The van der Waals surface area contributed by atoms with Crippen LogP contribution in [-0.4, -0.2) is 35.4 Å². The zero-order valence-electron chi connectivity index (χ0n) is 6.80. The van der Waals surface area contributed by atoms with Gasteiger partial charge in [0.15, 0.2) is 0 Å². The van der Waals surface area contributed by atoms with Crippen LogP contribution in [0.3, 0.4) is 0 Å². The molecular weight excluding hydrogens is 266 g/mol. The van der Waals surface area contributed by atoms with Crippen molar-refractivity contribution in [3.63, 3.8) is 0 Å². The molecule has 0 spiro atoms. The predicted octanol–water partition coefficient (Wildman–Crippen LogP) is 2.74. The predicted molar refractivity (Wildman–Crippen MR) is 28.0 cm³/mol. The first-order valence-corrected chi connectivity index (χ1v) is 3.22. The molecule has 0 aromatic heterocycles. The van der Waals surface area contributed by atoms with Crippen molar-refractivity contribution >= 4 is 0 Å². The molecule has 16 heavy (non-hydrogen) atoms. The van der Waals surface area contributed by atoms with E-state index in [1.54, 1.807) is 0 Å². The Morgan fingerprint density at radius 2 is 1.00 bits per heavy atom. The number of alkyl halides is 10. The minimum atomic E-state index is -6.79. The van der Waals surface area contributed by atoms with Gasteiger partial charge in [-0.05, 0) is 0 Å². The van der Waals surface area contributed by atoms with Crippen molar-refractivity contribution in [2.75, 3.05) is 0 Å². The summed E-state index contributed by atoms with van der Waals surface area (Å²) in [5.41, 5.74) is 0. The van der Waals surface area contributed by atoms with Gasteiger partial charge < -0.3 is 5.11 Å². The van der Waals surface area contributed by atoms with Crippen LogP contribution in [0.25, 0.3) is 0 Å². The van der Waals surface area contributed by atoms with Gasteiger partial charge in [-0.3, -0.25) is 0 Å². The normalized spacial score (nSPS) is 17.4. The second-order valence-corrected chi connectivity index (χ2v) is 2.65. The first-order valence-electron chi connectivity index (χ1n) is 3.22. The summed E-state index contributed by atoms with van der Waals surface area (Å²) in [6.45, 7) is 0. The van der Waals surface area contributed by atoms with Gasteiger partial charge in [-0.15, -0.1) is 0 Å². The van der Waals surface area contributed by atoms with Gasteiger partial charge in [0, 0.05) is 0 Å². The highest BCUT2D eigenvalue weighted by atomic mass is 19.4. The quantitative estimate of drug-likeness (QED) is 0.780. The molecule has 1 atom stereocenters. The largest absolute Gasteiger partial charge is 0.456 e. The van der Waals surface area contributed by atoms with Crippen molar-refractivity contribution in [3.8, 4) is 0 Å². The summed E-state index contributed by atoms with van der Waals surface area (Å²) in [6, 6.07) is 0. The second-order valence-electron chi connectivity index (χ2n) is 2.65. The molecule has 0 saturated heterocycles. The highest BCUT2D eigenvalue weighted by Crippen LogP contribution is 2.48. The van der Waals surface area contributed by atoms with Crippen LogP contribution in [0.2, 0.25) is 0 Å². The Bertz CT molecular complexity index is 223. The third kappa shape index (κ3) is 2.33. The molecule has 0 aliphatic rings. The Balaban J connectivity index is 5.30. The Labute approximate surface area is 80.6 Å². The molecule has 0 amide bonds. The number of hydrogen-bond acceptors (Lipinski definition) is 1. The SMILES string of the molecule is OC(F)(F)C(F)(F)C(F)C(F)(F)C(F)(F)F. The average molecular weight is 268 g/mol. The van der Waals surface area contributed by atoms with Gasteiger partial charge in [0.25, 0.3) is 0 Å². The molecule has 0 bridgehead atoms. The second kappa shape index (κ2) is 3.64. The van der Waals surface area contributed by atoms with Gasteiger partial charge in [-0.2, -0.15) is 39.5 Å². The molecule has 98 valence electrons. The molecule has 0 aliphatic carbocycles. The molecule has 0 aromatic carbocycles. The van der Waals surface area contributed by atoms with Crippen LogP contribution < -0.4 is 0 Å². The lowest BCUT2D eigenvalue weighted by Crippen LogP contribution is -2.59. The van der Waals surface area contributed by atoms with Crippen LogP contribution in [0.15, 0.2) is 0 Å². The minimum absolute atomic E-state index is 5.61. The van der Waals surface area contributed by atoms with Crippen molar-refractivity contribution in [2.45, 2.75) is 30.3 Å². The Morgan fingerprint density at radius 3 is 1.19 bits per heavy atom. The van der Waals surface area contributed by atoms with Crippen LogP contribution >= 0.6 is 0 Å². The summed E-state index contributed by atoms with van der Waals surface area (Å²) in [5, 5.41) is 7.32. The van der Waals surface area contributed by atoms with E-state index in [1.807, 2.05) is 0 Å². The number of rotatable bonds is 3. The Kier molecular flexibility index (Phi) is 3.47. The molecule has 0 aromatic rings. The monoisotopic (exact) mass is 268 g/mol. The fourth-order valence-corrected chi connectivity index (χ4v) is 0.524. The Morgan fingerprint density at radius 1 is 0.688 bits per heavy atom. The molecule has 0 saturated carbocycles. The van der Waals surface area contributed by atoms with E-state index in [0.717, 1.165) is 0 Å². The lowest BCUT2D eigenvalue weighted by molar-refractivity contribution is -0.389. The minimum Gasteiger partial charge on any atom is -0.331 e. The number of aliphatic hydroxyl groups is 1. The van der Waals surface area contributed by atoms with Crippen molar-refractivity contribution in [3.05, 3.63) is 0 Å². The molecule has 1 N–H and O–H groups in total. The van der Waals surface area contributed by atoms with Crippen LogP contribution in [0.1, 0.15) is 0 Å². The van der Waals surface area contributed by atoms with E-state index in [2.05, 4.69) is 0 Å². The highest BCUT2D eigenvalue weighted by molar-refractivity contribution is 4.96. The maximum Gasteiger partial charge on any atom is 0.456 e. The van der Waals surface area contributed by atoms with E-state index in [9.17, 15) is 43.9 Å². The van der Waals surface area contributed by atoms with Gasteiger partial charge in [0.1, 0.15) is 0 Å². The highest BCUT2D eigenvalue weighted by Gasteiger charge is 2.76. The smallest absolute Gasteiger partial charge is 0.331 e. The number of halogens is 10. The van der Waals surface area contributed by atoms with Crippen molar-refractivity contribution in [2.24, 2.45) is 0 Å². The summed E-state index contributed by atoms with van der Waals surface area (Å²) in [4.78, 5) is 0. The third-order valence-electron chi connectivity index (χ3n) is 1.42. The van der Waals surface area contributed by atoms with E-state index >= 15 is 0 Å². The molecule has 0 fully saturated rings. The number of hydrogen-bond donors (Lipinski definition) is 1. The topological polar surface area (TPSA) is 20.2 Å². The molecule has 0 heterocycles. The molecule has 11 heteroatoms. The van der Waals surface area contributed by atoms with E-state index in [1.165, 1.54) is 0 Å². The molecule has 0 radical (unpaired) electrons. The van der Waals surface area contributed by atoms with Gasteiger partial charge >= 0.3 is 24.1 Å². The van der Waals surface area contributed by atoms with Gasteiger partial charge in [0.05, 0.1) is 0 Å². The zero-order valence-corrected chi connectivity index (χ0v) is 6.80. The molecular formula is C5H2F10O. The third-order valence-corrected chi connectivity index (χ3v) is 1.42. The maximum atomic E-state index is 12.1. The first kappa shape index (κ1) is 15.3. The van der Waals surface area contributed by atoms with E-state index in [0.29, 0.717) is 0 Å². The molecule has 1 nitrogen and oxygen atoms in total. The summed E-state index contributed by atoms with van der Waals surface area (Å²) in [7, 11) is 0. The summed E-state index contributed by atoms with van der Waals surface area (Å²) < 4.78 is 117. The van der Waals surface area contributed by atoms with Gasteiger partial charge in [0.2, 0.25) is 6.17 Å². The van der Waals surface area contributed by atoms with Crippen LogP contribution in [-0.2, 0) is 0 Å². The molecule has 1 unspecified atom stereocenters. The van der Waals surface area contributed by atoms with E-state index in [-0.39, 0.29) is 0 Å². The van der Waals surface area contributed by atoms with Crippen LogP contribution in [0, 0.1) is 0 Å². The summed E-state index contributed by atoms with van der Waals surface area (Å²) >= 11 is 0. The van der Waals surface area contributed by atoms with Crippen LogP contribution in [0.4, 0.5) is 43.9 Å². The molecule has 0 aliphatic heterocycles. The van der Waals surface area contributed by atoms with Gasteiger partial charge in [-0.1, -0.05) is 0 Å². The molecule has 0 rings (SSSR count). The van der Waals surface area contributed by atoms with Crippen LogP contribution in [0.5, 0.6) is 0 Å². The van der Waals surface area contributed by atoms with Crippen molar-refractivity contribution in [1.29, 1.82) is 0 Å². The van der Waals surface area contributed by atoms with Gasteiger partial charge in [-0.25, -0.2) is 4.39 Å². The Hall–Kier alpha value is -0.740. The lowest BCUT2D eigenvalue weighted by atomic mass is 10.1. The lowest BCUT2D eigenvalue weighted by Gasteiger charge is -2.30. The zero-order chi connectivity index (χ0) is 13.6. The maximum absolute atomic E-state index is 12.1. The van der Waals surface area contributed by atoms with E-state index < -0.39 is 30.3 Å². The summed E-state index contributed by atoms with van der Waals surface area (Å²) in [6.07, 6.45) is -18.7. The van der Waals surface area contributed by atoms with E-state index in [4.69, 9.17) is 5.11 Å². The fourth-order valence-electron chi connectivity index (χ4n) is 0.524. The van der Waals surface area contributed by atoms with Crippen molar-refractivity contribution in [1.82, 2.24) is 0 Å². The average Bonchev–Trinajstić information content (AvgIpc) is 1.98.